The van der Waals surface area contributed by atoms with E-state index in [-0.39, 0.29) is 12.3 Å². The lowest BCUT2D eigenvalue weighted by Crippen LogP contribution is -2.45. The van der Waals surface area contributed by atoms with Crippen LogP contribution in [-0.2, 0) is 26.2 Å². The van der Waals surface area contributed by atoms with Crippen LogP contribution in [0.25, 0.3) is 0 Å². The van der Waals surface area contributed by atoms with Gasteiger partial charge in [-0.3, -0.25) is 4.79 Å². The average molecular weight is 478 g/mol. The van der Waals surface area contributed by atoms with Gasteiger partial charge in [0.05, 0.1) is 12.5 Å². The van der Waals surface area contributed by atoms with Gasteiger partial charge in [-0.05, 0) is 35.1 Å². The predicted octanol–water partition coefficient (Wildman–Crippen LogP) is 5.70. The molecule has 0 bridgehead atoms. The van der Waals surface area contributed by atoms with Crippen molar-refractivity contribution in [3.8, 4) is 0 Å². The Morgan fingerprint density at radius 2 is 1.11 bits per heavy atom. The monoisotopic (exact) mass is 477 g/mol. The predicted molar refractivity (Wildman–Crippen MR) is 143 cm³/mol. The van der Waals surface area contributed by atoms with Crippen molar-refractivity contribution in [1.29, 1.82) is 0 Å². The number of aryl methyl sites for hydroxylation is 1. The molecule has 0 radical (unpaired) electrons. The summed E-state index contributed by atoms with van der Waals surface area (Å²) in [6.07, 6.45) is 1.25. The van der Waals surface area contributed by atoms with Crippen molar-refractivity contribution in [3.63, 3.8) is 0 Å². The van der Waals surface area contributed by atoms with E-state index in [0.717, 1.165) is 22.3 Å². The van der Waals surface area contributed by atoms with Crippen molar-refractivity contribution in [2.45, 2.75) is 30.7 Å². The Bertz CT molecular complexity index is 1150. The fourth-order valence-corrected chi connectivity index (χ4v) is 4.81. The highest BCUT2D eigenvalue weighted by Gasteiger charge is 2.39. The maximum atomic E-state index is 13.7. The molecule has 36 heavy (non-hydrogen) atoms. The number of ether oxygens (including phenoxy) is 1. The highest BCUT2D eigenvalue weighted by atomic mass is 16.5. The van der Waals surface area contributed by atoms with Crippen molar-refractivity contribution in [1.82, 2.24) is 5.32 Å². The van der Waals surface area contributed by atoms with Crippen LogP contribution in [0.5, 0.6) is 0 Å². The maximum Gasteiger partial charge on any atom is 0.328 e. The summed E-state index contributed by atoms with van der Waals surface area (Å²) in [5.74, 6) is -0.654. The average Bonchev–Trinajstić information content (AvgIpc) is 2.95. The van der Waals surface area contributed by atoms with Crippen molar-refractivity contribution in [2.75, 3.05) is 7.11 Å². The minimum atomic E-state index is -0.734. The normalized spacial score (nSPS) is 11.9. The third-order valence-corrected chi connectivity index (χ3v) is 6.61. The first-order valence-electron chi connectivity index (χ1n) is 12.2. The summed E-state index contributed by atoms with van der Waals surface area (Å²) in [6.45, 7) is 0. The molecule has 0 saturated heterocycles. The number of hydrogen-bond acceptors (Lipinski definition) is 3. The van der Waals surface area contributed by atoms with Gasteiger partial charge >= 0.3 is 5.97 Å². The molecule has 0 heterocycles. The first-order valence-corrected chi connectivity index (χ1v) is 12.2. The Morgan fingerprint density at radius 1 is 0.694 bits per heavy atom. The molecule has 0 spiro atoms. The molecule has 4 heteroatoms. The lowest BCUT2D eigenvalue weighted by molar-refractivity contribution is -0.145. The van der Waals surface area contributed by atoms with Crippen molar-refractivity contribution >= 4 is 11.9 Å². The van der Waals surface area contributed by atoms with E-state index >= 15 is 0 Å². The zero-order valence-corrected chi connectivity index (χ0v) is 20.5. The van der Waals surface area contributed by atoms with Gasteiger partial charge in [-0.1, -0.05) is 121 Å². The van der Waals surface area contributed by atoms with Crippen LogP contribution in [0, 0.1) is 0 Å². The minimum absolute atomic E-state index is 0.143. The molecule has 0 unspecified atom stereocenters. The highest BCUT2D eigenvalue weighted by molar-refractivity contribution is 5.86. The maximum absolute atomic E-state index is 13.7. The summed E-state index contributed by atoms with van der Waals surface area (Å²) in [6, 6.07) is 39.4. The number of benzene rings is 4. The Labute approximate surface area is 213 Å². The second-order valence-electron chi connectivity index (χ2n) is 8.85. The molecule has 0 aliphatic carbocycles. The van der Waals surface area contributed by atoms with Gasteiger partial charge in [-0.25, -0.2) is 4.79 Å². The van der Waals surface area contributed by atoms with Crippen LogP contribution in [0.3, 0.4) is 0 Å². The zero-order chi connectivity index (χ0) is 25.2. The van der Waals surface area contributed by atoms with E-state index in [9.17, 15) is 9.59 Å². The molecule has 4 aromatic rings. The SMILES string of the molecule is COC(=O)[C@@H](CCc1ccccc1)NC(=O)CC(c1ccccc1)(c1ccccc1)c1ccccc1. The summed E-state index contributed by atoms with van der Waals surface area (Å²) in [7, 11) is 1.35. The van der Waals surface area contributed by atoms with Crippen LogP contribution in [0.2, 0.25) is 0 Å². The Morgan fingerprint density at radius 3 is 1.53 bits per heavy atom. The molecular weight excluding hydrogens is 446 g/mol. The molecule has 0 aliphatic heterocycles. The van der Waals surface area contributed by atoms with E-state index in [2.05, 4.69) is 41.7 Å². The molecule has 4 nitrogen and oxygen atoms in total. The lowest BCUT2D eigenvalue weighted by atomic mass is 9.67. The Kier molecular flexibility index (Phi) is 8.30. The number of rotatable bonds is 10. The summed E-state index contributed by atoms with van der Waals surface area (Å²) >= 11 is 0. The fraction of sp³-hybridized carbons (Fsp3) is 0.188. The number of amides is 1. The van der Waals surface area contributed by atoms with E-state index in [0.29, 0.717) is 12.8 Å². The number of esters is 1. The van der Waals surface area contributed by atoms with E-state index in [1.165, 1.54) is 7.11 Å². The molecule has 0 aliphatic rings. The number of hydrogen-bond donors (Lipinski definition) is 1. The fourth-order valence-electron chi connectivity index (χ4n) is 4.81. The Balaban J connectivity index is 1.68. The van der Waals surface area contributed by atoms with Crippen LogP contribution in [-0.4, -0.2) is 25.0 Å². The molecule has 0 saturated carbocycles. The van der Waals surface area contributed by atoms with Crippen LogP contribution < -0.4 is 5.32 Å². The second-order valence-corrected chi connectivity index (χ2v) is 8.85. The molecule has 0 fully saturated rings. The first-order chi connectivity index (χ1) is 17.6. The largest absolute Gasteiger partial charge is 0.467 e. The summed E-state index contributed by atoms with van der Waals surface area (Å²) < 4.78 is 5.03. The van der Waals surface area contributed by atoms with Gasteiger partial charge in [-0.2, -0.15) is 0 Å². The van der Waals surface area contributed by atoms with Crippen molar-refractivity contribution < 1.29 is 14.3 Å². The van der Waals surface area contributed by atoms with Crippen LogP contribution in [0.15, 0.2) is 121 Å². The summed E-state index contributed by atoms with van der Waals surface area (Å²) in [5, 5.41) is 2.99. The van der Waals surface area contributed by atoms with Crippen LogP contribution in [0.4, 0.5) is 0 Å². The second kappa shape index (κ2) is 12.0. The van der Waals surface area contributed by atoms with Gasteiger partial charge < -0.3 is 10.1 Å². The van der Waals surface area contributed by atoms with Gasteiger partial charge in [-0.15, -0.1) is 0 Å². The van der Waals surface area contributed by atoms with Crippen LogP contribution >= 0.6 is 0 Å². The highest BCUT2D eigenvalue weighted by Crippen LogP contribution is 2.42. The van der Waals surface area contributed by atoms with Gasteiger partial charge in [0.15, 0.2) is 0 Å². The van der Waals surface area contributed by atoms with Gasteiger partial charge in [0.25, 0.3) is 0 Å². The molecular formula is C32H31NO3. The van der Waals surface area contributed by atoms with Gasteiger partial charge in [0, 0.05) is 6.42 Å². The smallest absolute Gasteiger partial charge is 0.328 e. The van der Waals surface area contributed by atoms with Crippen LogP contribution in [0.1, 0.15) is 35.1 Å². The summed E-state index contributed by atoms with van der Waals surface area (Å²) in [4.78, 5) is 26.3. The van der Waals surface area contributed by atoms with Crippen molar-refractivity contribution in [3.05, 3.63) is 144 Å². The van der Waals surface area contributed by atoms with E-state index in [1.54, 1.807) is 0 Å². The first kappa shape index (κ1) is 24.9. The van der Waals surface area contributed by atoms with Gasteiger partial charge in [0.1, 0.15) is 6.04 Å². The minimum Gasteiger partial charge on any atom is -0.467 e. The molecule has 1 N–H and O–H groups in total. The molecule has 0 aromatic heterocycles. The molecule has 182 valence electrons. The number of carbonyl (C=O) groups excluding carboxylic acids is 2. The molecule has 4 aromatic carbocycles. The molecule has 1 amide bonds. The summed E-state index contributed by atoms with van der Waals surface area (Å²) in [5.41, 5.74) is 3.41. The standard InChI is InChI=1S/C32H31NO3/c1-36-31(35)29(23-22-25-14-6-2-7-15-25)33-30(34)24-32(26-16-8-3-9-17-26,27-18-10-4-11-19-27)28-20-12-5-13-21-28/h2-21,29H,22-24H2,1H3,(H,33,34)/t29-/m1/s1. The third kappa shape index (κ3) is 5.72. The number of carbonyl (C=O) groups is 2. The zero-order valence-electron chi connectivity index (χ0n) is 20.5. The van der Waals surface area contributed by atoms with E-state index in [4.69, 9.17) is 4.74 Å². The number of nitrogens with one attached hydrogen (secondary N) is 1. The molecule has 1 atom stereocenters. The quantitative estimate of drug-likeness (QED) is 0.235. The van der Waals surface area contributed by atoms with Crippen molar-refractivity contribution in [2.24, 2.45) is 0 Å². The molecule has 4 rings (SSSR count). The third-order valence-electron chi connectivity index (χ3n) is 6.61. The lowest BCUT2D eigenvalue weighted by Gasteiger charge is -2.36. The van der Waals surface area contributed by atoms with Gasteiger partial charge in [0.2, 0.25) is 5.91 Å². The van der Waals surface area contributed by atoms with E-state index in [1.807, 2.05) is 84.9 Å². The van der Waals surface area contributed by atoms with E-state index < -0.39 is 17.4 Å². The number of methoxy groups -OCH3 is 1. The topological polar surface area (TPSA) is 55.4 Å². The Hall–Kier alpha value is -4.18.